The second-order valence-electron chi connectivity index (χ2n) is 4.89. The Balaban J connectivity index is 1.91. The van der Waals surface area contributed by atoms with Crippen LogP contribution in [0, 0.1) is 11.8 Å². The van der Waals surface area contributed by atoms with E-state index < -0.39 is 0 Å². The van der Waals surface area contributed by atoms with Crippen LogP contribution in [0.2, 0.25) is 0 Å². The third-order valence-electron chi connectivity index (χ3n) is 4.03. The zero-order valence-electron chi connectivity index (χ0n) is 8.74. The van der Waals surface area contributed by atoms with Gasteiger partial charge >= 0.3 is 0 Å². The molecule has 13 heavy (non-hydrogen) atoms. The van der Waals surface area contributed by atoms with Gasteiger partial charge in [0.1, 0.15) is 0 Å². The lowest BCUT2D eigenvalue weighted by Gasteiger charge is -2.27. The summed E-state index contributed by atoms with van der Waals surface area (Å²) in [6.45, 7) is 6.51. The van der Waals surface area contributed by atoms with E-state index in [9.17, 15) is 5.11 Å². The van der Waals surface area contributed by atoms with E-state index in [1.807, 2.05) is 6.92 Å². The fraction of sp³-hybridized carbons (Fsp3) is 1.00. The van der Waals surface area contributed by atoms with Crippen LogP contribution in [-0.2, 0) is 0 Å². The molecular weight excluding hydrogens is 162 g/mol. The fourth-order valence-electron chi connectivity index (χ4n) is 2.91. The number of aliphatic hydroxyl groups excluding tert-OH is 1. The number of nitrogens with zero attached hydrogens (tertiary/aromatic N) is 1. The van der Waals surface area contributed by atoms with Crippen molar-refractivity contribution >= 4 is 0 Å². The molecule has 0 radical (unpaired) electrons. The lowest BCUT2D eigenvalue weighted by atomic mass is 10.0. The highest BCUT2D eigenvalue weighted by atomic mass is 16.3. The standard InChI is InChI=1S/C11H21NO/c1-8(9(2)13)12-6-10-4-3-5-11(10)7-12/h8-11,13H,3-7H2,1-2H3. The Hall–Kier alpha value is -0.0800. The molecule has 1 heterocycles. The van der Waals surface area contributed by atoms with Gasteiger partial charge in [-0.25, -0.2) is 0 Å². The first kappa shape index (κ1) is 9.47. The fourth-order valence-corrected chi connectivity index (χ4v) is 2.91. The molecule has 2 aliphatic rings. The lowest BCUT2D eigenvalue weighted by molar-refractivity contribution is 0.0807. The van der Waals surface area contributed by atoms with Gasteiger partial charge in [-0.05, 0) is 38.5 Å². The van der Waals surface area contributed by atoms with E-state index >= 15 is 0 Å². The molecule has 1 aliphatic carbocycles. The van der Waals surface area contributed by atoms with Gasteiger partial charge in [0.15, 0.2) is 0 Å². The first-order valence-electron chi connectivity index (χ1n) is 5.60. The van der Waals surface area contributed by atoms with Crippen molar-refractivity contribution in [1.82, 2.24) is 4.90 Å². The first-order chi connectivity index (χ1) is 6.18. The van der Waals surface area contributed by atoms with E-state index in [0.29, 0.717) is 6.04 Å². The van der Waals surface area contributed by atoms with Gasteiger partial charge in [-0.1, -0.05) is 6.42 Å². The van der Waals surface area contributed by atoms with Crippen LogP contribution in [0.1, 0.15) is 33.1 Å². The van der Waals surface area contributed by atoms with Crippen LogP contribution in [0.3, 0.4) is 0 Å². The van der Waals surface area contributed by atoms with Crippen molar-refractivity contribution in [2.24, 2.45) is 11.8 Å². The SMILES string of the molecule is CC(O)C(C)N1CC2CCCC2C1. The molecule has 0 aromatic carbocycles. The van der Waals surface area contributed by atoms with Crippen molar-refractivity contribution in [1.29, 1.82) is 0 Å². The maximum atomic E-state index is 9.50. The van der Waals surface area contributed by atoms with Gasteiger partial charge in [-0.2, -0.15) is 0 Å². The summed E-state index contributed by atoms with van der Waals surface area (Å²) in [4.78, 5) is 2.47. The van der Waals surface area contributed by atoms with Crippen molar-refractivity contribution in [3.63, 3.8) is 0 Å². The van der Waals surface area contributed by atoms with Crippen LogP contribution >= 0.6 is 0 Å². The third-order valence-corrected chi connectivity index (χ3v) is 4.03. The minimum Gasteiger partial charge on any atom is -0.392 e. The predicted octanol–water partition coefficient (Wildman–Crippen LogP) is 1.49. The Labute approximate surface area is 80.9 Å². The zero-order valence-corrected chi connectivity index (χ0v) is 8.74. The Bertz CT molecular complexity index is 169. The molecule has 0 amide bonds. The highest BCUT2D eigenvalue weighted by Crippen LogP contribution is 2.38. The number of fused-ring (bicyclic) bond motifs is 1. The topological polar surface area (TPSA) is 23.5 Å². The summed E-state index contributed by atoms with van der Waals surface area (Å²) in [5, 5.41) is 9.50. The molecular formula is C11H21NO. The molecule has 1 aliphatic heterocycles. The molecule has 2 fully saturated rings. The van der Waals surface area contributed by atoms with Crippen LogP contribution in [0.4, 0.5) is 0 Å². The number of hydrogen-bond acceptors (Lipinski definition) is 2. The van der Waals surface area contributed by atoms with Gasteiger partial charge in [-0.15, -0.1) is 0 Å². The zero-order chi connectivity index (χ0) is 9.42. The Kier molecular flexibility index (Phi) is 2.61. The summed E-state index contributed by atoms with van der Waals surface area (Å²) < 4.78 is 0. The maximum absolute atomic E-state index is 9.50. The van der Waals surface area contributed by atoms with Crippen LogP contribution < -0.4 is 0 Å². The summed E-state index contributed by atoms with van der Waals surface area (Å²) in [6.07, 6.45) is 4.10. The van der Waals surface area contributed by atoms with Gasteiger partial charge < -0.3 is 5.11 Å². The van der Waals surface area contributed by atoms with E-state index in [0.717, 1.165) is 11.8 Å². The second-order valence-corrected chi connectivity index (χ2v) is 4.89. The Morgan fingerprint density at radius 2 is 1.69 bits per heavy atom. The van der Waals surface area contributed by atoms with Gasteiger partial charge in [0.2, 0.25) is 0 Å². The molecule has 0 bridgehead atoms. The highest BCUT2D eigenvalue weighted by molar-refractivity contribution is 4.91. The maximum Gasteiger partial charge on any atom is 0.0664 e. The van der Waals surface area contributed by atoms with E-state index in [1.165, 1.54) is 32.4 Å². The molecule has 2 rings (SSSR count). The quantitative estimate of drug-likeness (QED) is 0.701. The van der Waals surface area contributed by atoms with Crippen molar-refractivity contribution < 1.29 is 5.11 Å². The number of aliphatic hydroxyl groups is 1. The van der Waals surface area contributed by atoms with Crippen molar-refractivity contribution in [3.05, 3.63) is 0 Å². The summed E-state index contributed by atoms with van der Waals surface area (Å²) in [5.41, 5.74) is 0. The minimum absolute atomic E-state index is 0.182. The van der Waals surface area contributed by atoms with Crippen molar-refractivity contribution in [2.75, 3.05) is 13.1 Å². The third kappa shape index (κ3) is 1.75. The van der Waals surface area contributed by atoms with Crippen LogP contribution in [0.25, 0.3) is 0 Å². The molecule has 0 spiro atoms. The smallest absolute Gasteiger partial charge is 0.0664 e. The van der Waals surface area contributed by atoms with Gasteiger partial charge in [-0.3, -0.25) is 4.90 Å². The normalized spacial score (nSPS) is 39.0. The van der Waals surface area contributed by atoms with Crippen LogP contribution in [0.5, 0.6) is 0 Å². The molecule has 4 unspecified atom stereocenters. The number of likely N-dealkylation sites (tertiary alicyclic amines) is 1. The predicted molar refractivity (Wildman–Crippen MR) is 53.5 cm³/mol. The summed E-state index contributed by atoms with van der Waals surface area (Å²) in [6, 6.07) is 0.352. The van der Waals surface area contributed by atoms with E-state index in [4.69, 9.17) is 0 Å². The Morgan fingerprint density at radius 1 is 1.15 bits per heavy atom. The molecule has 1 saturated heterocycles. The molecule has 1 saturated carbocycles. The largest absolute Gasteiger partial charge is 0.392 e. The van der Waals surface area contributed by atoms with Gasteiger partial charge in [0.05, 0.1) is 6.10 Å². The van der Waals surface area contributed by atoms with Crippen molar-refractivity contribution in [3.8, 4) is 0 Å². The van der Waals surface area contributed by atoms with E-state index in [2.05, 4.69) is 11.8 Å². The molecule has 76 valence electrons. The lowest BCUT2D eigenvalue weighted by Crippen LogP contribution is -2.39. The second kappa shape index (κ2) is 3.58. The molecule has 0 aromatic heterocycles. The summed E-state index contributed by atoms with van der Waals surface area (Å²) in [5.74, 6) is 1.89. The van der Waals surface area contributed by atoms with Gasteiger partial charge in [0, 0.05) is 19.1 Å². The highest BCUT2D eigenvalue weighted by Gasteiger charge is 2.38. The van der Waals surface area contributed by atoms with E-state index in [1.54, 1.807) is 0 Å². The van der Waals surface area contributed by atoms with Crippen molar-refractivity contribution in [2.45, 2.75) is 45.3 Å². The monoisotopic (exact) mass is 183 g/mol. The molecule has 1 N–H and O–H groups in total. The molecule has 0 aromatic rings. The molecule has 4 atom stereocenters. The van der Waals surface area contributed by atoms with E-state index in [-0.39, 0.29) is 6.10 Å². The first-order valence-corrected chi connectivity index (χ1v) is 5.60. The summed E-state index contributed by atoms with van der Waals surface area (Å²) >= 11 is 0. The van der Waals surface area contributed by atoms with Crippen LogP contribution in [0.15, 0.2) is 0 Å². The number of hydrogen-bond donors (Lipinski definition) is 1. The molecule has 2 heteroatoms. The van der Waals surface area contributed by atoms with Gasteiger partial charge in [0.25, 0.3) is 0 Å². The Morgan fingerprint density at radius 3 is 2.15 bits per heavy atom. The molecule has 2 nitrogen and oxygen atoms in total. The summed E-state index contributed by atoms with van der Waals surface area (Å²) in [7, 11) is 0. The average molecular weight is 183 g/mol. The van der Waals surface area contributed by atoms with Crippen LogP contribution in [-0.4, -0.2) is 35.2 Å². The minimum atomic E-state index is -0.182. The average Bonchev–Trinajstić information content (AvgIpc) is 2.59. The number of rotatable bonds is 2.